The summed E-state index contributed by atoms with van der Waals surface area (Å²) in [7, 11) is 3.36. The standard InChI is InChI=1S/C18H21ClF2N4O2/c1-22-25(12-23-6-7-26-2)11-13-8-16(14-4-3-5-15(19)9-14)17(24-10-13)27-18(20)21/h3-5,8-10,12,18,22H,6-7,11H2,1-2H3/b23-12-. The van der Waals surface area contributed by atoms with E-state index in [0.29, 0.717) is 35.8 Å². The molecule has 146 valence electrons. The molecule has 9 heteroatoms. The molecule has 6 nitrogen and oxygen atoms in total. The van der Waals surface area contributed by atoms with Crippen LogP contribution in [0.2, 0.25) is 5.02 Å². The van der Waals surface area contributed by atoms with Crippen LogP contribution in [0, 0.1) is 0 Å². The lowest BCUT2D eigenvalue weighted by Crippen LogP contribution is -2.33. The van der Waals surface area contributed by atoms with E-state index in [1.807, 2.05) is 0 Å². The van der Waals surface area contributed by atoms with E-state index >= 15 is 0 Å². The molecule has 0 bridgehead atoms. The zero-order valence-corrected chi connectivity index (χ0v) is 15.8. The third-order valence-corrected chi connectivity index (χ3v) is 3.76. The average molecular weight is 399 g/mol. The number of hydrazine groups is 1. The van der Waals surface area contributed by atoms with Gasteiger partial charge in [-0.1, -0.05) is 23.7 Å². The van der Waals surface area contributed by atoms with Crippen LogP contribution in [0.1, 0.15) is 5.56 Å². The van der Waals surface area contributed by atoms with Crippen LogP contribution in [0.3, 0.4) is 0 Å². The van der Waals surface area contributed by atoms with Gasteiger partial charge < -0.3 is 9.47 Å². The molecule has 0 aliphatic heterocycles. The number of aromatic nitrogens is 1. The first-order chi connectivity index (χ1) is 13.0. The molecule has 0 atom stereocenters. The largest absolute Gasteiger partial charge is 0.416 e. The number of alkyl halides is 2. The molecule has 27 heavy (non-hydrogen) atoms. The fourth-order valence-electron chi connectivity index (χ4n) is 2.30. The van der Waals surface area contributed by atoms with E-state index in [2.05, 4.69) is 20.1 Å². The Bertz CT molecular complexity index is 762. The van der Waals surface area contributed by atoms with Gasteiger partial charge in [-0.2, -0.15) is 8.78 Å². The van der Waals surface area contributed by atoms with Gasteiger partial charge in [0.2, 0.25) is 5.88 Å². The zero-order valence-electron chi connectivity index (χ0n) is 15.0. The lowest BCUT2D eigenvalue weighted by Gasteiger charge is -2.19. The Morgan fingerprint density at radius 2 is 2.19 bits per heavy atom. The summed E-state index contributed by atoms with van der Waals surface area (Å²) in [4.78, 5) is 8.29. The van der Waals surface area contributed by atoms with E-state index in [9.17, 15) is 8.78 Å². The van der Waals surface area contributed by atoms with Gasteiger partial charge in [0.1, 0.15) is 0 Å². The van der Waals surface area contributed by atoms with Crippen molar-refractivity contribution in [2.24, 2.45) is 4.99 Å². The molecule has 0 spiro atoms. The van der Waals surface area contributed by atoms with Crippen molar-refractivity contribution in [2.45, 2.75) is 13.2 Å². The molecule has 0 saturated carbocycles. The van der Waals surface area contributed by atoms with Crippen molar-refractivity contribution in [1.29, 1.82) is 0 Å². The number of nitrogens with one attached hydrogen (secondary N) is 1. The van der Waals surface area contributed by atoms with Crippen LogP contribution >= 0.6 is 11.6 Å². The number of rotatable bonds is 10. The minimum Gasteiger partial charge on any atom is -0.416 e. The quantitative estimate of drug-likeness (QED) is 0.287. The van der Waals surface area contributed by atoms with Gasteiger partial charge >= 0.3 is 6.61 Å². The maximum Gasteiger partial charge on any atom is 0.388 e. The highest BCUT2D eigenvalue weighted by molar-refractivity contribution is 6.30. The second kappa shape index (κ2) is 10.8. The Kier molecular flexibility index (Phi) is 8.38. The van der Waals surface area contributed by atoms with Crippen molar-refractivity contribution >= 4 is 17.9 Å². The molecular weight excluding hydrogens is 378 g/mol. The molecule has 0 aliphatic carbocycles. The van der Waals surface area contributed by atoms with Gasteiger partial charge in [-0.05, 0) is 29.3 Å². The number of benzene rings is 1. The first-order valence-corrected chi connectivity index (χ1v) is 8.54. The summed E-state index contributed by atoms with van der Waals surface area (Å²) >= 11 is 6.03. The van der Waals surface area contributed by atoms with Crippen molar-refractivity contribution in [1.82, 2.24) is 15.4 Å². The monoisotopic (exact) mass is 398 g/mol. The molecule has 1 heterocycles. The molecule has 1 N–H and O–H groups in total. The second-order valence-electron chi connectivity index (χ2n) is 5.45. The Morgan fingerprint density at radius 1 is 1.37 bits per heavy atom. The molecule has 0 amide bonds. The number of pyridine rings is 1. The molecule has 0 aliphatic rings. The SMILES string of the molecule is CNN(/C=N\CCOC)Cc1cnc(OC(F)F)c(-c2cccc(Cl)c2)c1. The molecular formula is C18H21ClF2N4O2. The van der Waals surface area contributed by atoms with Crippen molar-refractivity contribution in [2.75, 3.05) is 27.3 Å². The van der Waals surface area contributed by atoms with Crippen molar-refractivity contribution in [3.63, 3.8) is 0 Å². The fourth-order valence-corrected chi connectivity index (χ4v) is 2.49. The third kappa shape index (κ3) is 6.74. The number of ether oxygens (including phenoxy) is 2. The van der Waals surface area contributed by atoms with Gasteiger partial charge in [-0.3, -0.25) is 10.0 Å². The Balaban J connectivity index is 2.27. The van der Waals surface area contributed by atoms with E-state index in [1.165, 1.54) is 6.20 Å². The molecule has 2 rings (SSSR count). The van der Waals surface area contributed by atoms with E-state index in [1.54, 1.807) is 55.8 Å². The topological polar surface area (TPSA) is 59.0 Å². The molecule has 0 saturated heterocycles. The molecule has 0 unspecified atom stereocenters. The van der Waals surface area contributed by atoms with E-state index in [0.717, 1.165) is 5.56 Å². The van der Waals surface area contributed by atoms with Gasteiger partial charge in [0.05, 0.1) is 26.0 Å². The van der Waals surface area contributed by atoms with Crippen LogP contribution < -0.4 is 10.2 Å². The van der Waals surface area contributed by atoms with E-state index in [-0.39, 0.29) is 5.88 Å². The molecule has 1 aromatic heterocycles. The van der Waals surface area contributed by atoms with Crippen LogP contribution in [-0.2, 0) is 11.3 Å². The zero-order chi connectivity index (χ0) is 19.6. The summed E-state index contributed by atoms with van der Waals surface area (Å²) < 4.78 is 35.0. The number of aliphatic imine (C=N–C) groups is 1. The normalized spacial score (nSPS) is 11.3. The summed E-state index contributed by atoms with van der Waals surface area (Å²) in [6.45, 7) is -1.50. The molecule has 1 aromatic carbocycles. The highest BCUT2D eigenvalue weighted by Gasteiger charge is 2.15. The fraction of sp³-hybridized carbons (Fsp3) is 0.333. The van der Waals surface area contributed by atoms with Gasteiger partial charge in [-0.15, -0.1) is 0 Å². The lowest BCUT2D eigenvalue weighted by molar-refractivity contribution is -0.0524. The van der Waals surface area contributed by atoms with Crippen LogP contribution in [0.25, 0.3) is 11.1 Å². The predicted molar refractivity (Wildman–Crippen MR) is 101 cm³/mol. The van der Waals surface area contributed by atoms with Crippen LogP contribution in [0.5, 0.6) is 5.88 Å². The van der Waals surface area contributed by atoms with Crippen molar-refractivity contribution in [3.05, 3.63) is 47.1 Å². The van der Waals surface area contributed by atoms with Gasteiger partial charge in [-0.25, -0.2) is 10.4 Å². The second-order valence-corrected chi connectivity index (χ2v) is 5.89. The van der Waals surface area contributed by atoms with Crippen LogP contribution in [0.15, 0.2) is 41.5 Å². The first-order valence-electron chi connectivity index (χ1n) is 8.16. The van der Waals surface area contributed by atoms with Gasteiger partial charge in [0, 0.05) is 30.9 Å². The maximum absolute atomic E-state index is 12.7. The summed E-state index contributed by atoms with van der Waals surface area (Å²) in [5.41, 5.74) is 4.83. The number of halogens is 3. The van der Waals surface area contributed by atoms with Crippen molar-refractivity contribution < 1.29 is 18.3 Å². The number of hydrogen-bond acceptors (Lipinski definition) is 5. The molecule has 2 aromatic rings. The minimum atomic E-state index is -2.97. The highest BCUT2D eigenvalue weighted by Crippen LogP contribution is 2.31. The van der Waals surface area contributed by atoms with E-state index < -0.39 is 6.61 Å². The smallest absolute Gasteiger partial charge is 0.388 e. The Labute approximate surface area is 161 Å². The van der Waals surface area contributed by atoms with Gasteiger partial charge in [0.15, 0.2) is 0 Å². The average Bonchev–Trinajstić information content (AvgIpc) is 2.65. The number of hydrogen-bond donors (Lipinski definition) is 1. The highest BCUT2D eigenvalue weighted by atomic mass is 35.5. The van der Waals surface area contributed by atoms with Crippen LogP contribution in [-0.4, -0.2) is 50.3 Å². The summed E-state index contributed by atoms with van der Waals surface area (Å²) in [6.07, 6.45) is 3.13. The number of nitrogens with zero attached hydrogens (tertiary/aromatic N) is 3. The Morgan fingerprint density at radius 3 is 2.85 bits per heavy atom. The van der Waals surface area contributed by atoms with Crippen molar-refractivity contribution in [3.8, 4) is 17.0 Å². The summed E-state index contributed by atoms with van der Waals surface area (Å²) in [6, 6.07) is 8.60. The molecule has 0 fully saturated rings. The lowest BCUT2D eigenvalue weighted by atomic mass is 10.1. The minimum absolute atomic E-state index is 0.152. The van der Waals surface area contributed by atoms with Crippen LogP contribution in [0.4, 0.5) is 8.78 Å². The van der Waals surface area contributed by atoms with E-state index in [4.69, 9.17) is 16.3 Å². The first kappa shape index (κ1) is 21.0. The summed E-state index contributed by atoms with van der Waals surface area (Å²) in [5.74, 6) is -0.152. The maximum atomic E-state index is 12.7. The Hall–Kier alpha value is -2.29. The van der Waals surface area contributed by atoms with Gasteiger partial charge in [0.25, 0.3) is 0 Å². The number of methoxy groups -OCH3 is 1. The predicted octanol–water partition coefficient (Wildman–Crippen LogP) is 3.61. The summed E-state index contributed by atoms with van der Waals surface area (Å²) in [5, 5.41) is 2.23. The molecule has 0 radical (unpaired) electrons. The third-order valence-electron chi connectivity index (χ3n) is 3.53.